The molecule has 2 N–H and O–H groups in total. The van der Waals surface area contributed by atoms with Crippen molar-refractivity contribution in [2.45, 2.75) is 26.9 Å². The van der Waals surface area contributed by atoms with E-state index in [4.69, 9.17) is 4.52 Å². The monoisotopic (exact) mass is 279 g/mol. The zero-order valence-corrected chi connectivity index (χ0v) is 11.8. The molecule has 0 amide bonds. The van der Waals surface area contributed by atoms with Crippen LogP contribution in [-0.4, -0.2) is 22.6 Å². The van der Waals surface area contributed by atoms with Gasteiger partial charge >= 0.3 is 0 Å². The van der Waals surface area contributed by atoms with Gasteiger partial charge in [-0.3, -0.25) is 0 Å². The van der Waals surface area contributed by atoms with Crippen molar-refractivity contribution in [1.82, 2.24) is 20.8 Å². The van der Waals surface area contributed by atoms with E-state index < -0.39 is 0 Å². The van der Waals surface area contributed by atoms with Crippen molar-refractivity contribution in [3.8, 4) is 0 Å². The maximum Gasteiger partial charge on any atom is 0.223 e. The summed E-state index contributed by atoms with van der Waals surface area (Å²) in [5.41, 5.74) is 1.21. The lowest BCUT2D eigenvalue weighted by atomic mass is 10.3. The Labute approximate surface area is 115 Å². The Hall–Kier alpha value is -1.89. The Bertz CT molecular complexity index is 520. The Kier molecular flexibility index (Phi) is 4.91. The summed E-state index contributed by atoms with van der Waals surface area (Å²) in [5, 5.41) is 14.3. The maximum atomic E-state index is 4.92. The first-order valence-corrected chi connectivity index (χ1v) is 7.04. The molecule has 0 aliphatic carbocycles. The van der Waals surface area contributed by atoms with Gasteiger partial charge in [0.2, 0.25) is 5.89 Å². The summed E-state index contributed by atoms with van der Waals surface area (Å²) in [6.07, 6.45) is 0. The van der Waals surface area contributed by atoms with Crippen LogP contribution in [0.3, 0.4) is 0 Å². The number of guanidine groups is 1. The molecule has 0 aromatic carbocycles. The molecule has 0 radical (unpaired) electrons. The molecule has 2 rings (SSSR count). The van der Waals surface area contributed by atoms with Gasteiger partial charge in [-0.15, -0.1) is 0 Å². The number of hydrogen-bond acceptors (Lipinski definition) is 5. The number of rotatable bonds is 5. The quantitative estimate of drug-likeness (QED) is 0.643. The minimum Gasteiger partial charge on any atom is -0.357 e. The summed E-state index contributed by atoms with van der Waals surface area (Å²) in [6.45, 7) is 5.75. The van der Waals surface area contributed by atoms with Crippen LogP contribution in [-0.2, 0) is 13.1 Å². The predicted molar refractivity (Wildman–Crippen MR) is 75.0 cm³/mol. The fourth-order valence-electron chi connectivity index (χ4n) is 1.47. The highest BCUT2D eigenvalue weighted by Gasteiger charge is 2.03. The Morgan fingerprint density at radius 3 is 3.00 bits per heavy atom. The molecule has 0 bridgehead atoms. The van der Waals surface area contributed by atoms with Gasteiger partial charge in [-0.25, -0.2) is 4.99 Å². The second-order valence-electron chi connectivity index (χ2n) is 3.91. The fourth-order valence-corrected chi connectivity index (χ4v) is 2.13. The van der Waals surface area contributed by atoms with Crippen LogP contribution >= 0.6 is 11.3 Å². The zero-order valence-electron chi connectivity index (χ0n) is 11.0. The number of thiophene rings is 1. The molecule has 0 saturated carbocycles. The summed E-state index contributed by atoms with van der Waals surface area (Å²) in [6, 6.07) is 2.07. The highest BCUT2D eigenvalue weighted by atomic mass is 32.1. The normalized spacial score (nSPS) is 11.6. The third-order valence-corrected chi connectivity index (χ3v) is 3.06. The first-order chi connectivity index (χ1) is 9.28. The second kappa shape index (κ2) is 6.89. The molecule has 0 atom stereocenters. The van der Waals surface area contributed by atoms with E-state index in [1.54, 1.807) is 18.3 Å². The molecule has 102 valence electrons. The second-order valence-corrected chi connectivity index (χ2v) is 4.69. The molecule has 7 heteroatoms. The molecular weight excluding hydrogens is 262 g/mol. The van der Waals surface area contributed by atoms with Crippen LogP contribution in [0.15, 0.2) is 26.3 Å². The fraction of sp³-hybridized carbons (Fsp3) is 0.417. The smallest absolute Gasteiger partial charge is 0.223 e. The highest BCUT2D eigenvalue weighted by Crippen LogP contribution is 2.06. The lowest BCUT2D eigenvalue weighted by Gasteiger charge is -2.09. The molecule has 2 aromatic rings. The number of aromatic nitrogens is 2. The molecular formula is C12H17N5OS. The van der Waals surface area contributed by atoms with Crippen molar-refractivity contribution in [2.75, 3.05) is 6.54 Å². The van der Waals surface area contributed by atoms with Crippen LogP contribution in [0, 0.1) is 6.92 Å². The van der Waals surface area contributed by atoms with E-state index in [1.807, 2.05) is 12.3 Å². The SMILES string of the molecule is CCNC(=NCc1ccsc1)NCc1noc(C)n1. The van der Waals surface area contributed by atoms with E-state index in [0.29, 0.717) is 24.8 Å². The standard InChI is InChI=1S/C12H17N5OS/c1-3-13-12(14-6-10-4-5-19-8-10)15-7-11-16-9(2)18-17-11/h4-5,8H,3,6-7H2,1-2H3,(H2,13,14,15). The Balaban J connectivity index is 1.89. The molecule has 0 aliphatic rings. The van der Waals surface area contributed by atoms with Crippen molar-refractivity contribution in [1.29, 1.82) is 0 Å². The molecule has 0 fully saturated rings. The number of nitrogens with zero attached hydrogens (tertiary/aromatic N) is 3. The summed E-state index contributed by atoms with van der Waals surface area (Å²) in [5.74, 6) is 1.94. The van der Waals surface area contributed by atoms with E-state index >= 15 is 0 Å². The van der Waals surface area contributed by atoms with Crippen molar-refractivity contribution >= 4 is 17.3 Å². The summed E-state index contributed by atoms with van der Waals surface area (Å²) in [7, 11) is 0. The van der Waals surface area contributed by atoms with Crippen molar-refractivity contribution in [3.63, 3.8) is 0 Å². The Morgan fingerprint density at radius 1 is 1.47 bits per heavy atom. The van der Waals surface area contributed by atoms with E-state index in [2.05, 4.69) is 37.2 Å². The van der Waals surface area contributed by atoms with Gasteiger partial charge in [0.05, 0.1) is 13.1 Å². The zero-order chi connectivity index (χ0) is 13.5. The van der Waals surface area contributed by atoms with E-state index in [9.17, 15) is 0 Å². The van der Waals surface area contributed by atoms with Crippen LogP contribution in [0.25, 0.3) is 0 Å². The van der Waals surface area contributed by atoms with Crippen molar-refractivity contribution < 1.29 is 4.52 Å². The minimum absolute atomic E-state index is 0.493. The van der Waals surface area contributed by atoms with Crippen LogP contribution < -0.4 is 10.6 Å². The van der Waals surface area contributed by atoms with Gasteiger partial charge in [0.15, 0.2) is 11.8 Å². The summed E-state index contributed by atoms with van der Waals surface area (Å²) >= 11 is 1.68. The predicted octanol–water partition coefficient (Wildman–Crippen LogP) is 1.69. The van der Waals surface area contributed by atoms with Crippen LogP contribution in [0.1, 0.15) is 24.2 Å². The molecule has 0 unspecified atom stereocenters. The van der Waals surface area contributed by atoms with Crippen molar-refractivity contribution in [3.05, 3.63) is 34.1 Å². The van der Waals surface area contributed by atoms with Gasteiger partial charge < -0.3 is 15.2 Å². The van der Waals surface area contributed by atoms with E-state index in [1.165, 1.54) is 5.56 Å². The number of aliphatic imine (C=N–C) groups is 1. The van der Waals surface area contributed by atoms with Crippen LogP contribution in [0.5, 0.6) is 0 Å². The van der Waals surface area contributed by atoms with Gasteiger partial charge in [0.25, 0.3) is 0 Å². The molecule has 0 aliphatic heterocycles. The average molecular weight is 279 g/mol. The van der Waals surface area contributed by atoms with E-state index in [-0.39, 0.29) is 0 Å². The van der Waals surface area contributed by atoms with Crippen LogP contribution in [0.4, 0.5) is 0 Å². The highest BCUT2D eigenvalue weighted by molar-refractivity contribution is 7.07. The third kappa shape index (κ3) is 4.36. The first kappa shape index (κ1) is 13.5. The number of hydrogen-bond donors (Lipinski definition) is 2. The first-order valence-electron chi connectivity index (χ1n) is 6.10. The lowest BCUT2D eigenvalue weighted by molar-refractivity contribution is 0.387. The summed E-state index contributed by atoms with van der Waals surface area (Å²) < 4.78 is 4.92. The van der Waals surface area contributed by atoms with Gasteiger partial charge in [-0.05, 0) is 29.3 Å². The average Bonchev–Trinajstić information content (AvgIpc) is 3.04. The molecule has 6 nitrogen and oxygen atoms in total. The van der Waals surface area contributed by atoms with E-state index in [0.717, 1.165) is 12.5 Å². The minimum atomic E-state index is 0.493. The maximum absolute atomic E-state index is 4.92. The number of nitrogens with one attached hydrogen (secondary N) is 2. The van der Waals surface area contributed by atoms with Gasteiger partial charge in [-0.1, -0.05) is 5.16 Å². The van der Waals surface area contributed by atoms with Gasteiger partial charge in [-0.2, -0.15) is 16.3 Å². The topological polar surface area (TPSA) is 75.3 Å². The largest absolute Gasteiger partial charge is 0.357 e. The molecule has 2 aromatic heterocycles. The summed E-state index contributed by atoms with van der Waals surface area (Å²) in [4.78, 5) is 8.62. The third-order valence-electron chi connectivity index (χ3n) is 2.33. The van der Waals surface area contributed by atoms with Crippen LogP contribution in [0.2, 0.25) is 0 Å². The number of aryl methyl sites for hydroxylation is 1. The molecule has 0 spiro atoms. The van der Waals surface area contributed by atoms with Gasteiger partial charge in [0, 0.05) is 13.5 Å². The molecule has 2 heterocycles. The lowest BCUT2D eigenvalue weighted by Crippen LogP contribution is -2.37. The molecule has 0 saturated heterocycles. The molecule has 19 heavy (non-hydrogen) atoms. The van der Waals surface area contributed by atoms with Gasteiger partial charge in [0.1, 0.15) is 0 Å². The van der Waals surface area contributed by atoms with Crippen molar-refractivity contribution in [2.24, 2.45) is 4.99 Å². The Morgan fingerprint density at radius 2 is 2.37 bits per heavy atom.